The number of nitrogens with zero attached hydrogens (tertiary/aromatic N) is 4. The van der Waals surface area contributed by atoms with Gasteiger partial charge in [0.05, 0.1) is 12.1 Å². The van der Waals surface area contributed by atoms with Crippen molar-refractivity contribution in [1.82, 2.24) is 19.7 Å². The Morgan fingerprint density at radius 1 is 1.53 bits per heavy atom. The zero-order valence-electron chi connectivity index (χ0n) is 10.5. The van der Waals surface area contributed by atoms with Crippen LogP contribution < -0.4 is 5.32 Å². The summed E-state index contributed by atoms with van der Waals surface area (Å²) in [6.45, 7) is 0.704. The first-order chi connectivity index (χ1) is 9.13. The number of hydrogen-bond acceptors (Lipinski definition) is 6. The van der Waals surface area contributed by atoms with Crippen molar-refractivity contribution in [2.75, 3.05) is 11.9 Å². The molecule has 0 saturated heterocycles. The molecule has 0 fully saturated rings. The van der Waals surface area contributed by atoms with Crippen LogP contribution in [0.15, 0.2) is 11.7 Å². The summed E-state index contributed by atoms with van der Waals surface area (Å²) in [6.07, 6.45) is 2.98. The smallest absolute Gasteiger partial charge is 0.303 e. The van der Waals surface area contributed by atoms with Gasteiger partial charge >= 0.3 is 5.97 Å². The highest BCUT2D eigenvalue weighted by Crippen LogP contribution is 2.16. The summed E-state index contributed by atoms with van der Waals surface area (Å²) < 4.78 is 1.67. The van der Waals surface area contributed by atoms with E-state index in [1.54, 1.807) is 11.0 Å². The van der Waals surface area contributed by atoms with Crippen LogP contribution >= 0.6 is 11.3 Å². The Balaban J connectivity index is 1.75. The molecule has 8 heteroatoms. The Hall–Kier alpha value is -1.96. The standard InChI is InChI=1S/C11H15N5O2S/c1-16-7-13-9(15-16)4-5-12-11-14-8(6-19-11)2-3-10(17)18/h6-7H,2-5H2,1H3,(H,12,14)(H,17,18). The molecule has 0 bridgehead atoms. The molecule has 0 atom stereocenters. The van der Waals surface area contributed by atoms with E-state index >= 15 is 0 Å². The number of aliphatic carboxylic acids is 1. The highest BCUT2D eigenvalue weighted by atomic mass is 32.1. The molecule has 0 aliphatic heterocycles. The van der Waals surface area contributed by atoms with Crippen molar-refractivity contribution in [3.8, 4) is 0 Å². The largest absolute Gasteiger partial charge is 0.481 e. The Kier molecular flexibility index (Phi) is 4.45. The number of carboxylic acid groups (broad SMARTS) is 1. The van der Waals surface area contributed by atoms with Gasteiger partial charge in [0.25, 0.3) is 0 Å². The van der Waals surface area contributed by atoms with Gasteiger partial charge in [-0.3, -0.25) is 9.48 Å². The first-order valence-electron chi connectivity index (χ1n) is 5.88. The van der Waals surface area contributed by atoms with E-state index in [1.807, 2.05) is 12.4 Å². The first-order valence-corrected chi connectivity index (χ1v) is 6.76. The number of nitrogens with one attached hydrogen (secondary N) is 1. The molecule has 0 spiro atoms. The van der Waals surface area contributed by atoms with Crippen molar-refractivity contribution in [3.63, 3.8) is 0 Å². The first kappa shape index (κ1) is 13.5. The van der Waals surface area contributed by atoms with Crippen molar-refractivity contribution in [2.45, 2.75) is 19.3 Å². The fourth-order valence-corrected chi connectivity index (χ4v) is 2.29. The number of anilines is 1. The highest BCUT2D eigenvalue weighted by Gasteiger charge is 2.05. The third-order valence-electron chi connectivity index (χ3n) is 2.42. The van der Waals surface area contributed by atoms with Crippen LogP contribution in [-0.4, -0.2) is 37.4 Å². The van der Waals surface area contributed by atoms with E-state index in [2.05, 4.69) is 20.4 Å². The molecule has 2 aromatic rings. The number of aryl methyl sites for hydroxylation is 2. The molecule has 7 nitrogen and oxygen atoms in total. The molecule has 102 valence electrons. The Labute approximate surface area is 114 Å². The molecule has 2 heterocycles. The lowest BCUT2D eigenvalue weighted by Crippen LogP contribution is -2.06. The van der Waals surface area contributed by atoms with Crippen LogP contribution in [0.25, 0.3) is 0 Å². The van der Waals surface area contributed by atoms with Gasteiger partial charge in [-0.2, -0.15) is 5.10 Å². The van der Waals surface area contributed by atoms with E-state index in [4.69, 9.17) is 5.11 Å². The SMILES string of the molecule is Cn1cnc(CCNc2nc(CCC(=O)O)cs2)n1. The number of carbonyl (C=O) groups is 1. The predicted octanol–water partition coefficient (Wildman–Crippen LogP) is 0.943. The number of thiazole rings is 1. The molecule has 0 aliphatic carbocycles. The summed E-state index contributed by atoms with van der Waals surface area (Å²) >= 11 is 1.48. The minimum atomic E-state index is -0.802. The van der Waals surface area contributed by atoms with Crippen LogP contribution in [0.3, 0.4) is 0 Å². The fourth-order valence-electron chi connectivity index (χ4n) is 1.52. The van der Waals surface area contributed by atoms with Gasteiger partial charge in [0.2, 0.25) is 0 Å². The minimum Gasteiger partial charge on any atom is -0.481 e. The number of aromatic nitrogens is 4. The summed E-state index contributed by atoms with van der Waals surface area (Å²) in [6, 6.07) is 0. The average molecular weight is 281 g/mol. The summed E-state index contributed by atoms with van der Waals surface area (Å²) in [5.41, 5.74) is 0.811. The van der Waals surface area contributed by atoms with Crippen LogP contribution in [0.4, 0.5) is 5.13 Å². The second kappa shape index (κ2) is 6.28. The Bertz CT molecular complexity index is 551. The van der Waals surface area contributed by atoms with Gasteiger partial charge in [0.15, 0.2) is 11.0 Å². The maximum Gasteiger partial charge on any atom is 0.303 e. The van der Waals surface area contributed by atoms with Gasteiger partial charge in [0.1, 0.15) is 6.33 Å². The third-order valence-corrected chi connectivity index (χ3v) is 3.27. The Morgan fingerprint density at radius 2 is 2.37 bits per heavy atom. The fraction of sp³-hybridized carbons (Fsp3) is 0.455. The van der Waals surface area contributed by atoms with E-state index in [9.17, 15) is 4.79 Å². The lowest BCUT2D eigenvalue weighted by molar-refractivity contribution is -0.136. The van der Waals surface area contributed by atoms with Crippen molar-refractivity contribution in [3.05, 3.63) is 23.2 Å². The van der Waals surface area contributed by atoms with Crippen molar-refractivity contribution >= 4 is 22.4 Å². The summed E-state index contributed by atoms with van der Waals surface area (Å²) in [4.78, 5) is 18.9. The highest BCUT2D eigenvalue weighted by molar-refractivity contribution is 7.13. The van der Waals surface area contributed by atoms with Crippen LogP contribution in [0, 0.1) is 0 Å². The van der Waals surface area contributed by atoms with Crippen molar-refractivity contribution in [1.29, 1.82) is 0 Å². The number of rotatable bonds is 7. The molecule has 0 saturated carbocycles. The summed E-state index contributed by atoms with van der Waals surface area (Å²) in [5.74, 6) is -0.0126. The maximum absolute atomic E-state index is 10.5. The van der Waals surface area contributed by atoms with Gasteiger partial charge in [0, 0.05) is 31.8 Å². The van der Waals surface area contributed by atoms with Crippen LogP contribution in [0.2, 0.25) is 0 Å². The van der Waals surface area contributed by atoms with Crippen LogP contribution in [-0.2, 0) is 24.7 Å². The van der Waals surface area contributed by atoms with E-state index in [0.29, 0.717) is 13.0 Å². The molecule has 0 unspecified atom stereocenters. The number of hydrogen-bond donors (Lipinski definition) is 2. The van der Waals surface area contributed by atoms with Gasteiger partial charge in [-0.25, -0.2) is 9.97 Å². The molecule has 19 heavy (non-hydrogen) atoms. The lowest BCUT2D eigenvalue weighted by atomic mass is 10.2. The second-order valence-corrected chi connectivity index (χ2v) is 4.91. The van der Waals surface area contributed by atoms with Gasteiger partial charge in [-0.05, 0) is 0 Å². The van der Waals surface area contributed by atoms with Crippen molar-refractivity contribution in [2.24, 2.45) is 7.05 Å². The van der Waals surface area contributed by atoms with E-state index in [-0.39, 0.29) is 6.42 Å². The minimum absolute atomic E-state index is 0.112. The molecule has 2 N–H and O–H groups in total. The molecule has 0 aromatic carbocycles. The van der Waals surface area contributed by atoms with E-state index < -0.39 is 5.97 Å². The summed E-state index contributed by atoms with van der Waals surface area (Å²) in [7, 11) is 1.83. The normalized spacial score (nSPS) is 10.6. The number of carboxylic acids is 1. The topological polar surface area (TPSA) is 92.9 Å². The second-order valence-electron chi connectivity index (χ2n) is 4.05. The molecular formula is C11H15N5O2S. The zero-order valence-corrected chi connectivity index (χ0v) is 11.4. The third kappa shape index (κ3) is 4.32. The Morgan fingerprint density at radius 3 is 3.05 bits per heavy atom. The van der Waals surface area contributed by atoms with Gasteiger partial charge in [-0.15, -0.1) is 11.3 Å². The average Bonchev–Trinajstić information content (AvgIpc) is 2.96. The van der Waals surface area contributed by atoms with Crippen molar-refractivity contribution < 1.29 is 9.90 Å². The molecular weight excluding hydrogens is 266 g/mol. The molecule has 0 radical (unpaired) electrons. The molecule has 0 amide bonds. The van der Waals surface area contributed by atoms with Crippen LogP contribution in [0.1, 0.15) is 17.9 Å². The molecule has 2 aromatic heterocycles. The molecule has 2 rings (SSSR count). The van der Waals surface area contributed by atoms with E-state index in [1.165, 1.54) is 11.3 Å². The predicted molar refractivity (Wildman–Crippen MR) is 71.3 cm³/mol. The maximum atomic E-state index is 10.5. The summed E-state index contributed by atoms with van der Waals surface area (Å²) in [5, 5.41) is 18.6. The monoisotopic (exact) mass is 281 g/mol. The quantitative estimate of drug-likeness (QED) is 0.784. The molecule has 0 aliphatic rings. The zero-order chi connectivity index (χ0) is 13.7. The lowest BCUT2D eigenvalue weighted by Gasteiger charge is -1.99. The van der Waals surface area contributed by atoms with E-state index in [0.717, 1.165) is 23.1 Å². The van der Waals surface area contributed by atoms with Crippen LogP contribution in [0.5, 0.6) is 0 Å². The van der Waals surface area contributed by atoms with Gasteiger partial charge in [-0.1, -0.05) is 0 Å². The van der Waals surface area contributed by atoms with Gasteiger partial charge < -0.3 is 10.4 Å².